The lowest BCUT2D eigenvalue weighted by molar-refractivity contribution is -0.116. The molecule has 0 saturated heterocycles. The molecule has 0 atom stereocenters. The number of hydrogen-bond donors (Lipinski definition) is 4. The Balaban J connectivity index is 1.45. The standard InChI is InChI=1S/C25H30N6O2S2/c1-14-22(15(2)31-30-14)16-4-5-19-18(12-16)28-24(34-19)23-17-6-8-27-13-20(17)35-25(23)29-21(32)7-9-26-10-11-33-3/h4-5,12,26-27H,6-11,13H2,1-3H3,(H,29,32)(H,30,31). The molecule has 0 spiro atoms. The van der Waals surface area contributed by atoms with E-state index in [2.05, 4.69) is 44.3 Å². The van der Waals surface area contributed by atoms with Gasteiger partial charge in [0.05, 0.1) is 22.5 Å². The molecule has 35 heavy (non-hydrogen) atoms. The minimum Gasteiger partial charge on any atom is -0.383 e. The smallest absolute Gasteiger partial charge is 0.226 e. The maximum Gasteiger partial charge on any atom is 0.226 e. The summed E-state index contributed by atoms with van der Waals surface area (Å²) in [5.41, 5.74) is 7.65. The second kappa shape index (κ2) is 10.5. The number of thiazole rings is 1. The molecule has 0 unspecified atom stereocenters. The van der Waals surface area contributed by atoms with Crippen LogP contribution in [-0.2, 0) is 22.5 Å². The van der Waals surface area contributed by atoms with Crippen LogP contribution in [0.5, 0.6) is 0 Å². The molecule has 8 nitrogen and oxygen atoms in total. The fraction of sp³-hybridized carbons (Fsp3) is 0.400. The summed E-state index contributed by atoms with van der Waals surface area (Å²) in [6.45, 7) is 7.81. The summed E-state index contributed by atoms with van der Waals surface area (Å²) in [4.78, 5) is 19.1. The third-order valence-corrected chi connectivity index (χ3v) is 8.41. The van der Waals surface area contributed by atoms with Crippen LogP contribution in [0.1, 0.15) is 28.2 Å². The maximum atomic E-state index is 12.7. The molecule has 5 rings (SSSR count). The van der Waals surface area contributed by atoms with E-state index in [9.17, 15) is 4.79 Å². The van der Waals surface area contributed by atoms with Crippen molar-refractivity contribution in [1.29, 1.82) is 0 Å². The number of nitrogens with zero attached hydrogens (tertiary/aromatic N) is 2. The number of anilines is 1. The molecule has 1 amide bonds. The first-order valence-electron chi connectivity index (χ1n) is 11.8. The number of H-pyrrole nitrogens is 1. The first-order valence-corrected chi connectivity index (χ1v) is 13.5. The number of thiophene rings is 1. The largest absolute Gasteiger partial charge is 0.383 e. The number of fused-ring (bicyclic) bond motifs is 2. The fourth-order valence-electron chi connectivity index (χ4n) is 4.51. The van der Waals surface area contributed by atoms with Gasteiger partial charge in [-0.1, -0.05) is 6.07 Å². The predicted molar refractivity (Wildman–Crippen MR) is 143 cm³/mol. The van der Waals surface area contributed by atoms with Crippen molar-refractivity contribution in [2.24, 2.45) is 0 Å². The van der Waals surface area contributed by atoms with Crippen LogP contribution < -0.4 is 16.0 Å². The summed E-state index contributed by atoms with van der Waals surface area (Å²) >= 11 is 3.35. The van der Waals surface area contributed by atoms with Gasteiger partial charge in [-0.05, 0) is 50.1 Å². The Morgan fingerprint density at radius 1 is 1.20 bits per heavy atom. The minimum absolute atomic E-state index is 0.0111. The lowest BCUT2D eigenvalue weighted by atomic mass is 10.0. The van der Waals surface area contributed by atoms with Gasteiger partial charge in [-0.15, -0.1) is 22.7 Å². The summed E-state index contributed by atoms with van der Waals surface area (Å²) in [6, 6.07) is 6.42. The Bertz CT molecular complexity index is 1340. The first kappa shape index (κ1) is 24.1. The minimum atomic E-state index is 0.0111. The zero-order valence-corrected chi connectivity index (χ0v) is 21.8. The van der Waals surface area contributed by atoms with Crippen molar-refractivity contribution in [3.05, 3.63) is 40.0 Å². The topological polar surface area (TPSA) is 104 Å². The van der Waals surface area contributed by atoms with Crippen molar-refractivity contribution < 1.29 is 9.53 Å². The molecule has 4 aromatic rings. The first-order chi connectivity index (χ1) is 17.0. The third kappa shape index (κ3) is 5.03. The molecule has 0 bridgehead atoms. The van der Waals surface area contributed by atoms with E-state index in [1.54, 1.807) is 29.8 Å². The van der Waals surface area contributed by atoms with E-state index in [1.165, 1.54) is 10.4 Å². The molecule has 4 heterocycles. The van der Waals surface area contributed by atoms with E-state index < -0.39 is 0 Å². The van der Waals surface area contributed by atoms with E-state index in [0.29, 0.717) is 19.6 Å². The molecular weight excluding hydrogens is 480 g/mol. The van der Waals surface area contributed by atoms with Crippen molar-refractivity contribution in [3.8, 4) is 21.7 Å². The molecule has 0 fully saturated rings. The van der Waals surface area contributed by atoms with Gasteiger partial charge in [0.15, 0.2) is 0 Å². The van der Waals surface area contributed by atoms with Gasteiger partial charge < -0.3 is 20.7 Å². The number of hydrogen-bond acceptors (Lipinski definition) is 8. The molecule has 0 saturated carbocycles. The van der Waals surface area contributed by atoms with E-state index >= 15 is 0 Å². The number of aryl methyl sites for hydroxylation is 2. The van der Waals surface area contributed by atoms with Crippen molar-refractivity contribution in [2.75, 3.05) is 38.7 Å². The molecule has 10 heteroatoms. The monoisotopic (exact) mass is 510 g/mol. The van der Waals surface area contributed by atoms with Crippen molar-refractivity contribution in [1.82, 2.24) is 25.8 Å². The van der Waals surface area contributed by atoms with Gasteiger partial charge in [-0.3, -0.25) is 9.89 Å². The number of benzene rings is 1. The number of methoxy groups -OCH3 is 1. The van der Waals surface area contributed by atoms with Crippen LogP contribution in [0.15, 0.2) is 18.2 Å². The van der Waals surface area contributed by atoms with E-state index in [0.717, 1.165) is 74.4 Å². The summed E-state index contributed by atoms with van der Waals surface area (Å²) in [6.07, 6.45) is 1.35. The quantitative estimate of drug-likeness (QED) is 0.251. The summed E-state index contributed by atoms with van der Waals surface area (Å²) < 4.78 is 6.18. The van der Waals surface area contributed by atoms with Crippen molar-refractivity contribution >= 4 is 43.8 Å². The number of aromatic nitrogens is 3. The molecule has 0 aliphatic carbocycles. The summed E-state index contributed by atoms with van der Waals surface area (Å²) in [7, 11) is 1.67. The highest BCUT2D eigenvalue weighted by molar-refractivity contribution is 7.23. The maximum absolute atomic E-state index is 12.7. The SMILES string of the molecule is COCCNCCC(=O)Nc1sc2c(c1-c1nc3cc(-c4c(C)n[nH]c4C)ccc3s1)CCNC2. The van der Waals surface area contributed by atoms with Crippen molar-refractivity contribution in [3.63, 3.8) is 0 Å². The highest BCUT2D eigenvalue weighted by Gasteiger charge is 2.25. The molecule has 1 aromatic carbocycles. The van der Waals surface area contributed by atoms with Crippen molar-refractivity contribution in [2.45, 2.75) is 33.2 Å². The number of amides is 1. The highest BCUT2D eigenvalue weighted by Crippen LogP contribution is 2.45. The summed E-state index contributed by atoms with van der Waals surface area (Å²) in [5, 5.41) is 19.1. The van der Waals surface area contributed by atoms with Crippen LogP contribution in [0, 0.1) is 13.8 Å². The Morgan fingerprint density at radius 2 is 2.09 bits per heavy atom. The van der Waals surface area contributed by atoms with Crippen LogP contribution in [0.3, 0.4) is 0 Å². The predicted octanol–water partition coefficient (Wildman–Crippen LogP) is 4.24. The number of carbonyl (C=O) groups excluding carboxylic acids is 1. The molecule has 184 valence electrons. The van der Waals surface area contributed by atoms with Crippen LogP contribution in [0.4, 0.5) is 5.00 Å². The van der Waals surface area contributed by atoms with Crippen LogP contribution >= 0.6 is 22.7 Å². The molecule has 1 aliphatic heterocycles. The van der Waals surface area contributed by atoms with Gasteiger partial charge >= 0.3 is 0 Å². The van der Waals surface area contributed by atoms with Crippen LogP contribution in [-0.4, -0.2) is 54.4 Å². The Morgan fingerprint density at radius 3 is 2.89 bits per heavy atom. The second-order valence-electron chi connectivity index (χ2n) is 8.69. The molecular formula is C25H30N6O2S2. The average Bonchev–Trinajstić information content (AvgIpc) is 3.52. The Hall–Kier alpha value is -2.63. The van der Waals surface area contributed by atoms with Gasteiger partial charge in [0, 0.05) is 54.9 Å². The zero-order valence-electron chi connectivity index (χ0n) is 20.2. The van der Waals surface area contributed by atoms with Gasteiger partial charge in [-0.2, -0.15) is 5.10 Å². The lowest BCUT2D eigenvalue weighted by Gasteiger charge is -2.13. The molecule has 0 radical (unpaired) electrons. The Kier molecular flexibility index (Phi) is 7.26. The number of rotatable bonds is 9. The lowest BCUT2D eigenvalue weighted by Crippen LogP contribution is -2.24. The van der Waals surface area contributed by atoms with Gasteiger partial charge in [0.25, 0.3) is 0 Å². The van der Waals surface area contributed by atoms with Crippen LogP contribution in [0.2, 0.25) is 0 Å². The zero-order chi connectivity index (χ0) is 24.4. The van der Waals surface area contributed by atoms with Gasteiger partial charge in [0.1, 0.15) is 10.0 Å². The molecule has 1 aliphatic rings. The van der Waals surface area contributed by atoms with Crippen LogP contribution in [0.25, 0.3) is 31.9 Å². The van der Waals surface area contributed by atoms with Gasteiger partial charge in [0.2, 0.25) is 5.91 Å². The Labute approximate surface area is 212 Å². The molecule has 4 N–H and O–H groups in total. The van der Waals surface area contributed by atoms with E-state index in [1.807, 2.05) is 13.8 Å². The number of ether oxygens (including phenoxy) is 1. The number of carbonyl (C=O) groups is 1. The number of aromatic amines is 1. The summed E-state index contributed by atoms with van der Waals surface area (Å²) in [5.74, 6) is 0.0111. The molecule has 3 aromatic heterocycles. The van der Waals surface area contributed by atoms with E-state index in [4.69, 9.17) is 9.72 Å². The average molecular weight is 511 g/mol. The third-order valence-electron chi connectivity index (χ3n) is 6.21. The van der Waals surface area contributed by atoms with Gasteiger partial charge in [-0.25, -0.2) is 4.98 Å². The highest BCUT2D eigenvalue weighted by atomic mass is 32.1. The van der Waals surface area contributed by atoms with E-state index in [-0.39, 0.29) is 5.91 Å². The number of nitrogens with one attached hydrogen (secondary N) is 4. The normalized spacial score (nSPS) is 13.3. The fourth-order valence-corrected chi connectivity index (χ4v) is 6.83. The second-order valence-corrected chi connectivity index (χ2v) is 10.8.